The summed E-state index contributed by atoms with van der Waals surface area (Å²) in [6, 6.07) is 5.92. The first kappa shape index (κ1) is 41.1. The molecule has 1 fully saturated rings. The lowest BCUT2D eigenvalue weighted by Gasteiger charge is -2.45. The van der Waals surface area contributed by atoms with Crippen molar-refractivity contribution in [3.05, 3.63) is 76.2 Å². The number of carboxylic acids is 1. The van der Waals surface area contributed by atoms with Gasteiger partial charge in [-0.05, 0) is 87.4 Å². The third-order valence-corrected chi connectivity index (χ3v) is 9.44. The average Bonchev–Trinajstić information content (AvgIpc) is 3.10. The molecule has 17 heteroatoms. The van der Waals surface area contributed by atoms with Gasteiger partial charge in [0.25, 0.3) is 0 Å². The number of rotatable bonds is 9. The lowest BCUT2D eigenvalue weighted by molar-refractivity contribution is -0.144. The Bertz CT molecular complexity index is 1730. The minimum absolute atomic E-state index is 0.0593. The highest BCUT2D eigenvalue weighted by molar-refractivity contribution is 5.89. The molecule has 3 aromatic rings. The maximum atomic E-state index is 13.8. The summed E-state index contributed by atoms with van der Waals surface area (Å²) in [6.45, 7) is 8.02. The molecule has 5 rings (SSSR count). The van der Waals surface area contributed by atoms with E-state index in [1.54, 1.807) is 13.0 Å². The zero-order valence-corrected chi connectivity index (χ0v) is 29.7. The molecule has 1 saturated heterocycles. The van der Waals surface area contributed by atoms with Crippen LogP contribution in [0.15, 0.2) is 42.6 Å². The van der Waals surface area contributed by atoms with Crippen LogP contribution in [0.3, 0.4) is 0 Å². The predicted molar refractivity (Wildman–Crippen MR) is 183 cm³/mol. The molecule has 1 amide bonds. The molecule has 290 valence electrons. The maximum absolute atomic E-state index is 13.8. The van der Waals surface area contributed by atoms with Gasteiger partial charge in [0.1, 0.15) is 5.66 Å². The van der Waals surface area contributed by atoms with Gasteiger partial charge >= 0.3 is 24.4 Å². The summed E-state index contributed by atoms with van der Waals surface area (Å²) in [7, 11) is 1.36. The smallest absolute Gasteiger partial charge is 0.416 e. The van der Waals surface area contributed by atoms with Crippen molar-refractivity contribution < 1.29 is 55.6 Å². The first-order valence-corrected chi connectivity index (χ1v) is 17.1. The molecule has 0 bridgehead atoms. The second-order valence-electron chi connectivity index (χ2n) is 12.8. The van der Waals surface area contributed by atoms with Crippen LogP contribution in [-0.4, -0.2) is 71.3 Å². The number of carboxylic acid groups (broad SMARTS) is 2. The molecular weight excluding hydrogens is 712 g/mol. The van der Waals surface area contributed by atoms with Gasteiger partial charge in [0.2, 0.25) is 5.88 Å². The second-order valence-corrected chi connectivity index (χ2v) is 12.8. The Morgan fingerprint density at radius 1 is 0.943 bits per heavy atom. The summed E-state index contributed by atoms with van der Waals surface area (Å²) in [5.41, 5.74) is 3.34. The number of aromatic nitrogens is 2. The molecule has 0 radical (unpaired) electrons. The molecule has 1 aromatic carbocycles. The van der Waals surface area contributed by atoms with Gasteiger partial charge in [-0.1, -0.05) is 6.92 Å². The van der Waals surface area contributed by atoms with E-state index in [2.05, 4.69) is 9.97 Å². The lowest BCUT2D eigenvalue weighted by Crippen LogP contribution is -2.61. The van der Waals surface area contributed by atoms with E-state index >= 15 is 0 Å². The molecule has 4 N–H and O–H groups in total. The van der Waals surface area contributed by atoms with Gasteiger partial charge in [-0.15, -0.1) is 0 Å². The lowest BCUT2D eigenvalue weighted by atomic mass is 9.80. The SMILES string of the molecule is CCOCC.CC[C@]1(N)C[C@@H](c2ncc(N3CCC(C(=O)O)CC3)cc2Cc2cc(C(F)(F)F)cc(C(F)(F)F)c2)c2nc(OC)ccc2N1C(=O)O. The number of anilines is 2. The average molecular weight is 756 g/mol. The molecule has 53 heavy (non-hydrogen) atoms. The Morgan fingerprint density at radius 3 is 2.02 bits per heavy atom. The first-order chi connectivity index (χ1) is 24.9. The molecule has 2 aliphatic rings. The molecule has 0 unspecified atom stereocenters. The van der Waals surface area contributed by atoms with Crippen molar-refractivity contribution in [2.75, 3.05) is 43.2 Å². The Labute approximate surface area is 302 Å². The fraction of sp³-hybridized carbons (Fsp3) is 0.500. The van der Waals surface area contributed by atoms with E-state index in [-0.39, 0.29) is 53.0 Å². The second kappa shape index (κ2) is 16.6. The van der Waals surface area contributed by atoms with Crippen LogP contribution in [-0.2, 0) is 28.3 Å². The van der Waals surface area contributed by atoms with Crippen molar-refractivity contribution in [2.45, 2.75) is 76.8 Å². The normalized spacial score (nSPS) is 19.3. The van der Waals surface area contributed by atoms with Crippen molar-refractivity contribution in [3.8, 4) is 5.88 Å². The van der Waals surface area contributed by atoms with Crippen molar-refractivity contribution in [1.29, 1.82) is 0 Å². The summed E-state index contributed by atoms with van der Waals surface area (Å²) in [5, 5.41) is 19.6. The Balaban J connectivity index is 0.00000117. The quantitative estimate of drug-likeness (QED) is 0.187. The van der Waals surface area contributed by atoms with Crippen molar-refractivity contribution >= 4 is 23.4 Å². The van der Waals surface area contributed by atoms with Crippen LogP contribution < -0.4 is 20.3 Å². The number of fused-ring (bicyclic) bond motifs is 1. The number of hydrogen-bond acceptors (Lipinski definition) is 8. The number of carbonyl (C=O) groups is 2. The van der Waals surface area contributed by atoms with E-state index in [0.717, 1.165) is 18.1 Å². The monoisotopic (exact) mass is 755 g/mol. The topological polar surface area (TPSA) is 151 Å². The molecule has 2 aromatic heterocycles. The van der Waals surface area contributed by atoms with Crippen LogP contribution in [0.5, 0.6) is 5.88 Å². The number of hydrogen-bond donors (Lipinski definition) is 3. The summed E-state index contributed by atoms with van der Waals surface area (Å²) < 4.78 is 92.9. The van der Waals surface area contributed by atoms with Gasteiger partial charge in [-0.2, -0.15) is 26.3 Å². The highest BCUT2D eigenvalue weighted by Crippen LogP contribution is 2.47. The minimum atomic E-state index is -5.06. The number of amides is 1. The van der Waals surface area contributed by atoms with E-state index in [1.165, 1.54) is 25.4 Å². The van der Waals surface area contributed by atoms with Gasteiger partial charge in [0.05, 0.1) is 53.1 Å². The molecule has 0 saturated carbocycles. The first-order valence-electron chi connectivity index (χ1n) is 17.1. The largest absolute Gasteiger partial charge is 0.481 e. The molecule has 4 heterocycles. The summed E-state index contributed by atoms with van der Waals surface area (Å²) in [6.07, 6.45) is -9.63. The zero-order valence-electron chi connectivity index (χ0n) is 29.7. The minimum Gasteiger partial charge on any atom is -0.481 e. The Hall–Kier alpha value is -4.64. The number of alkyl halides is 6. The molecule has 0 spiro atoms. The number of aliphatic carboxylic acids is 1. The Morgan fingerprint density at radius 2 is 1.55 bits per heavy atom. The fourth-order valence-electron chi connectivity index (χ4n) is 6.68. The van der Waals surface area contributed by atoms with Crippen LogP contribution in [0.1, 0.15) is 86.0 Å². The predicted octanol–water partition coefficient (Wildman–Crippen LogP) is 7.54. The van der Waals surface area contributed by atoms with Crippen LogP contribution in [0, 0.1) is 5.92 Å². The zero-order chi connectivity index (χ0) is 39.3. The number of nitrogens with zero attached hydrogens (tertiary/aromatic N) is 4. The Kier molecular flexibility index (Phi) is 12.9. The van der Waals surface area contributed by atoms with Gasteiger partial charge in [0.15, 0.2) is 0 Å². The molecule has 2 atom stereocenters. The van der Waals surface area contributed by atoms with E-state index in [4.69, 9.17) is 15.2 Å². The molecule has 0 aliphatic carbocycles. The summed E-state index contributed by atoms with van der Waals surface area (Å²) in [5.74, 6) is -2.19. The fourth-order valence-corrected chi connectivity index (χ4v) is 6.68. The van der Waals surface area contributed by atoms with Crippen LogP contribution in [0.2, 0.25) is 0 Å². The maximum Gasteiger partial charge on any atom is 0.416 e. The van der Waals surface area contributed by atoms with Crippen molar-refractivity contribution in [2.24, 2.45) is 11.7 Å². The molecular formula is C36H43F6N5O6. The molecule has 11 nitrogen and oxygen atoms in total. The highest BCUT2D eigenvalue weighted by atomic mass is 19.4. The van der Waals surface area contributed by atoms with Gasteiger partial charge in [-0.25, -0.2) is 9.78 Å². The number of methoxy groups -OCH3 is 1. The number of nitrogens with two attached hydrogens (primary N) is 1. The van der Waals surface area contributed by atoms with Gasteiger partial charge < -0.3 is 30.3 Å². The standard InChI is InChI=1S/C32H33F6N5O5.C4H10O/c1-3-30(39)15-23(27-24(43(30)29(46)47)4-5-25(41-27)48-2)26-19(13-22(16-40-26)42-8-6-18(7-9-42)28(44)45)10-17-11-20(31(33,34)35)14-21(12-17)32(36,37)38;1-3-5-4-2/h4-5,11-14,16,18,23H,3,6-10,15,39H2,1-2H3,(H,44,45)(H,46,47);3-4H2,1-2H3/t23-,30+;/m0./s1. The summed E-state index contributed by atoms with van der Waals surface area (Å²) in [4.78, 5) is 36.0. The third kappa shape index (κ3) is 9.48. The van der Waals surface area contributed by atoms with Crippen LogP contribution in [0.4, 0.5) is 42.5 Å². The van der Waals surface area contributed by atoms with Crippen LogP contribution in [0.25, 0.3) is 0 Å². The summed E-state index contributed by atoms with van der Waals surface area (Å²) >= 11 is 0. The number of ether oxygens (including phenoxy) is 2. The number of halogens is 6. The molecule has 2 aliphatic heterocycles. The number of pyridine rings is 2. The van der Waals surface area contributed by atoms with E-state index in [9.17, 15) is 46.1 Å². The van der Waals surface area contributed by atoms with Crippen LogP contribution >= 0.6 is 0 Å². The van der Waals surface area contributed by atoms with Crippen molar-refractivity contribution in [1.82, 2.24) is 9.97 Å². The van der Waals surface area contributed by atoms with E-state index < -0.39 is 59.5 Å². The van der Waals surface area contributed by atoms with E-state index in [0.29, 0.717) is 43.8 Å². The third-order valence-electron chi connectivity index (χ3n) is 9.44. The number of benzene rings is 1. The number of piperidine rings is 1. The van der Waals surface area contributed by atoms with Crippen molar-refractivity contribution in [3.63, 3.8) is 0 Å². The highest BCUT2D eigenvalue weighted by Gasteiger charge is 2.47. The van der Waals surface area contributed by atoms with Gasteiger partial charge in [-0.3, -0.25) is 14.7 Å². The van der Waals surface area contributed by atoms with Gasteiger partial charge in [0, 0.05) is 38.3 Å². The van der Waals surface area contributed by atoms with E-state index in [1.807, 2.05) is 18.7 Å².